The predicted octanol–water partition coefficient (Wildman–Crippen LogP) is 2.34. The number of carbonyl (C=O) groups is 1. The summed E-state index contributed by atoms with van der Waals surface area (Å²) in [5.41, 5.74) is 2.52. The Morgan fingerprint density at radius 3 is 2.77 bits per heavy atom. The fourth-order valence-electron chi connectivity index (χ4n) is 2.52. The van der Waals surface area contributed by atoms with E-state index in [-0.39, 0.29) is 12.0 Å². The van der Waals surface area contributed by atoms with Gasteiger partial charge in [-0.05, 0) is 24.3 Å². The van der Waals surface area contributed by atoms with Crippen molar-refractivity contribution in [1.29, 1.82) is 0 Å². The second-order valence-electron chi connectivity index (χ2n) is 5.20. The number of nitrogens with one attached hydrogen (secondary N) is 1. The number of hydrogen-bond donors (Lipinski definition) is 1. The number of ether oxygens (including phenoxy) is 1. The van der Waals surface area contributed by atoms with E-state index in [0.717, 1.165) is 11.4 Å². The summed E-state index contributed by atoms with van der Waals surface area (Å²) in [6, 6.07) is 13.2. The fourth-order valence-corrected chi connectivity index (χ4v) is 2.52. The average Bonchev–Trinajstić information content (AvgIpc) is 2.62. The number of anilines is 1. The van der Waals surface area contributed by atoms with Crippen LogP contribution in [0.15, 0.2) is 48.7 Å². The number of nitrogens with zero attached hydrogens (tertiary/aromatic N) is 2. The van der Waals surface area contributed by atoms with E-state index < -0.39 is 0 Å². The Balaban J connectivity index is 1.72. The molecule has 5 nitrogen and oxygen atoms in total. The van der Waals surface area contributed by atoms with Gasteiger partial charge in [-0.2, -0.15) is 0 Å². The standard InChI is InChI=1S/C17H19N3O2/c1-18-14-7-8-15(19-11-14)16-12-20(9-10-22-16)17(21)13-5-3-2-4-6-13/h2-8,11,16,18H,9-10,12H2,1H3/t16-/m0/s1. The second-order valence-corrected chi connectivity index (χ2v) is 5.20. The van der Waals surface area contributed by atoms with Crippen molar-refractivity contribution in [3.05, 3.63) is 59.9 Å². The van der Waals surface area contributed by atoms with Gasteiger partial charge in [0, 0.05) is 19.2 Å². The van der Waals surface area contributed by atoms with Crippen molar-refractivity contribution in [1.82, 2.24) is 9.88 Å². The van der Waals surface area contributed by atoms with Gasteiger partial charge in [-0.3, -0.25) is 9.78 Å². The van der Waals surface area contributed by atoms with E-state index in [4.69, 9.17) is 4.74 Å². The molecule has 0 unspecified atom stereocenters. The lowest BCUT2D eigenvalue weighted by Crippen LogP contribution is -2.42. The zero-order valence-corrected chi connectivity index (χ0v) is 12.5. The van der Waals surface area contributed by atoms with Crippen molar-refractivity contribution in [3.8, 4) is 0 Å². The summed E-state index contributed by atoms with van der Waals surface area (Å²) in [7, 11) is 1.86. The van der Waals surface area contributed by atoms with Gasteiger partial charge in [0.15, 0.2) is 0 Å². The summed E-state index contributed by atoms with van der Waals surface area (Å²) in [4.78, 5) is 18.8. The molecule has 1 aliphatic rings. The first-order valence-electron chi connectivity index (χ1n) is 7.37. The first-order valence-corrected chi connectivity index (χ1v) is 7.37. The summed E-state index contributed by atoms with van der Waals surface area (Å²) in [5.74, 6) is 0.0424. The van der Waals surface area contributed by atoms with Crippen LogP contribution in [0.4, 0.5) is 5.69 Å². The largest absolute Gasteiger partial charge is 0.387 e. The molecule has 1 atom stereocenters. The normalized spacial score (nSPS) is 18.0. The first-order chi connectivity index (χ1) is 10.8. The molecule has 0 saturated carbocycles. The van der Waals surface area contributed by atoms with E-state index in [1.165, 1.54) is 0 Å². The molecule has 1 N–H and O–H groups in total. The molecule has 2 aromatic rings. The van der Waals surface area contributed by atoms with E-state index in [0.29, 0.717) is 25.3 Å². The third kappa shape index (κ3) is 3.09. The van der Waals surface area contributed by atoms with E-state index in [1.54, 1.807) is 6.20 Å². The molecule has 0 aliphatic carbocycles. The minimum absolute atomic E-state index is 0.0424. The first kappa shape index (κ1) is 14.5. The number of carbonyl (C=O) groups excluding carboxylic acids is 1. The third-order valence-corrected chi connectivity index (χ3v) is 3.78. The van der Waals surface area contributed by atoms with Crippen molar-refractivity contribution >= 4 is 11.6 Å². The summed E-state index contributed by atoms with van der Waals surface area (Å²) in [6.45, 7) is 1.66. The molecule has 5 heteroatoms. The van der Waals surface area contributed by atoms with Gasteiger partial charge in [0.25, 0.3) is 5.91 Å². The summed E-state index contributed by atoms with van der Waals surface area (Å²) in [5, 5.41) is 3.04. The number of hydrogen-bond acceptors (Lipinski definition) is 4. The van der Waals surface area contributed by atoms with Gasteiger partial charge in [-0.1, -0.05) is 18.2 Å². The highest BCUT2D eigenvalue weighted by Crippen LogP contribution is 2.22. The topological polar surface area (TPSA) is 54.5 Å². The van der Waals surface area contributed by atoms with Gasteiger partial charge in [0.1, 0.15) is 6.10 Å². The predicted molar refractivity (Wildman–Crippen MR) is 84.8 cm³/mol. The molecule has 22 heavy (non-hydrogen) atoms. The maximum absolute atomic E-state index is 12.5. The molecule has 0 spiro atoms. The van der Waals surface area contributed by atoms with Crippen LogP contribution < -0.4 is 5.32 Å². The second kappa shape index (κ2) is 6.58. The molecule has 0 radical (unpaired) electrons. The SMILES string of the molecule is CNc1ccc([C@@H]2CN(C(=O)c3ccccc3)CCO2)nc1. The Kier molecular flexibility index (Phi) is 4.34. The van der Waals surface area contributed by atoms with E-state index >= 15 is 0 Å². The average molecular weight is 297 g/mol. The number of morpholine rings is 1. The van der Waals surface area contributed by atoms with Crippen LogP contribution in [0.2, 0.25) is 0 Å². The van der Waals surface area contributed by atoms with Gasteiger partial charge < -0.3 is 15.0 Å². The van der Waals surface area contributed by atoms with Crippen LogP contribution in [0.3, 0.4) is 0 Å². The maximum atomic E-state index is 12.5. The third-order valence-electron chi connectivity index (χ3n) is 3.78. The van der Waals surface area contributed by atoms with Gasteiger partial charge in [-0.15, -0.1) is 0 Å². The Hall–Kier alpha value is -2.40. The fraction of sp³-hybridized carbons (Fsp3) is 0.294. The van der Waals surface area contributed by atoms with Gasteiger partial charge >= 0.3 is 0 Å². The molecule has 1 fully saturated rings. The quantitative estimate of drug-likeness (QED) is 0.945. The lowest BCUT2D eigenvalue weighted by Gasteiger charge is -2.32. The molecule has 2 heterocycles. The Labute approximate surface area is 129 Å². The molecule has 3 rings (SSSR count). The number of aromatic nitrogens is 1. The minimum Gasteiger partial charge on any atom is -0.387 e. The van der Waals surface area contributed by atoms with Crippen LogP contribution in [0, 0.1) is 0 Å². The molecule has 114 valence electrons. The number of pyridine rings is 1. The molecule has 1 amide bonds. The lowest BCUT2D eigenvalue weighted by atomic mass is 10.1. The van der Waals surface area contributed by atoms with Gasteiger partial charge in [-0.25, -0.2) is 0 Å². The molecule has 1 aromatic heterocycles. The monoisotopic (exact) mass is 297 g/mol. The Morgan fingerprint density at radius 2 is 2.09 bits per heavy atom. The zero-order valence-electron chi connectivity index (χ0n) is 12.5. The van der Waals surface area contributed by atoms with Crippen LogP contribution in [0.1, 0.15) is 22.2 Å². The van der Waals surface area contributed by atoms with Crippen molar-refractivity contribution in [2.75, 3.05) is 32.1 Å². The van der Waals surface area contributed by atoms with Crippen LogP contribution in [0.25, 0.3) is 0 Å². The smallest absolute Gasteiger partial charge is 0.254 e. The van der Waals surface area contributed by atoms with Crippen LogP contribution >= 0.6 is 0 Å². The highest BCUT2D eigenvalue weighted by molar-refractivity contribution is 5.94. The Morgan fingerprint density at radius 1 is 1.27 bits per heavy atom. The van der Waals surface area contributed by atoms with Crippen molar-refractivity contribution < 1.29 is 9.53 Å². The molecular formula is C17H19N3O2. The summed E-state index contributed by atoms with van der Waals surface area (Å²) < 4.78 is 5.78. The Bertz CT molecular complexity index is 628. The summed E-state index contributed by atoms with van der Waals surface area (Å²) in [6.07, 6.45) is 1.60. The summed E-state index contributed by atoms with van der Waals surface area (Å²) >= 11 is 0. The highest BCUT2D eigenvalue weighted by atomic mass is 16.5. The van der Waals surface area contributed by atoms with E-state index in [1.807, 2.05) is 54.4 Å². The molecule has 1 aliphatic heterocycles. The molecular weight excluding hydrogens is 278 g/mol. The van der Waals surface area contributed by atoms with Gasteiger partial charge in [0.2, 0.25) is 0 Å². The molecule has 1 aromatic carbocycles. The molecule has 1 saturated heterocycles. The number of benzene rings is 1. The number of amides is 1. The lowest BCUT2D eigenvalue weighted by molar-refractivity contribution is -0.0247. The van der Waals surface area contributed by atoms with Crippen molar-refractivity contribution in [3.63, 3.8) is 0 Å². The van der Waals surface area contributed by atoms with Crippen molar-refractivity contribution in [2.24, 2.45) is 0 Å². The zero-order chi connectivity index (χ0) is 15.4. The highest BCUT2D eigenvalue weighted by Gasteiger charge is 2.26. The number of rotatable bonds is 3. The van der Waals surface area contributed by atoms with Crippen LogP contribution in [-0.2, 0) is 4.74 Å². The maximum Gasteiger partial charge on any atom is 0.254 e. The van der Waals surface area contributed by atoms with Crippen LogP contribution in [0.5, 0.6) is 0 Å². The van der Waals surface area contributed by atoms with E-state index in [2.05, 4.69) is 10.3 Å². The minimum atomic E-state index is -0.174. The van der Waals surface area contributed by atoms with Crippen molar-refractivity contribution in [2.45, 2.75) is 6.10 Å². The van der Waals surface area contributed by atoms with E-state index in [9.17, 15) is 4.79 Å². The molecule has 0 bridgehead atoms. The van der Waals surface area contributed by atoms with Crippen LogP contribution in [-0.4, -0.2) is 42.5 Å². The van der Waals surface area contributed by atoms with Gasteiger partial charge in [0.05, 0.1) is 30.7 Å².